The van der Waals surface area contributed by atoms with Crippen molar-refractivity contribution in [3.8, 4) is 0 Å². The Hall–Kier alpha value is -1.76. The molecule has 0 fully saturated rings. The zero-order valence-corrected chi connectivity index (χ0v) is 5.49. The van der Waals surface area contributed by atoms with Gasteiger partial charge in [0.2, 0.25) is 0 Å². The molecule has 0 N–H and O–H groups in total. The number of allylic oxidation sites excluding steroid dienone is 2. The highest BCUT2D eigenvalue weighted by atomic mass is 16.2. The molecule has 0 bridgehead atoms. The fourth-order valence-electron chi connectivity index (χ4n) is 0.405. The molecule has 0 radical (unpaired) electrons. The Morgan fingerprint density at radius 2 is 1.36 bits per heavy atom. The largest absolute Gasteiger partial charge is 0.294 e. The van der Waals surface area contributed by atoms with E-state index in [-0.39, 0.29) is 0 Å². The molecular weight excluding hydrogens is 148 g/mol. The first-order valence-electron chi connectivity index (χ1n) is 2.68. The Bertz CT molecular complexity index is 236. The third-order valence-corrected chi connectivity index (χ3v) is 0.788. The van der Waals surface area contributed by atoms with Crippen LogP contribution in [0.5, 0.6) is 0 Å². The minimum absolute atomic E-state index is 0.482. The van der Waals surface area contributed by atoms with Gasteiger partial charge in [-0.3, -0.25) is 9.59 Å². The summed E-state index contributed by atoms with van der Waals surface area (Å²) in [6.07, 6.45) is 0.734. The summed E-state index contributed by atoms with van der Waals surface area (Å²) in [7, 11) is 0. The highest BCUT2D eigenvalue weighted by molar-refractivity contribution is 6.12. The molecule has 0 aliphatic heterocycles. The van der Waals surface area contributed by atoms with E-state index >= 15 is 0 Å². The van der Waals surface area contributed by atoms with Crippen LogP contribution in [0.3, 0.4) is 0 Å². The van der Waals surface area contributed by atoms with Gasteiger partial charge in [0, 0.05) is 0 Å². The Kier molecular flexibility index (Phi) is 4.25. The van der Waals surface area contributed by atoms with E-state index in [2.05, 4.69) is 0 Å². The van der Waals surface area contributed by atoms with Crippen molar-refractivity contribution in [3.63, 3.8) is 0 Å². The van der Waals surface area contributed by atoms with E-state index in [0.717, 1.165) is 0 Å². The third kappa shape index (κ3) is 4.73. The fraction of sp³-hybridized carbons (Fsp3) is 0.143. The van der Waals surface area contributed by atoms with Crippen molar-refractivity contribution in [1.29, 1.82) is 0 Å². The lowest BCUT2D eigenvalue weighted by atomic mass is 10.2. The van der Waals surface area contributed by atoms with Crippen LogP contribution in [0, 0.1) is 0 Å². The molecule has 11 heavy (non-hydrogen) atoms. The highest BCUT2D eigenvalue weighted by Gasteiger charge is 2.03. The molecule has 0 aromatic carbocycles. The summed E-state index contributed by atoms with van der Waals surface area (Å²) < 4.78 is 0. The standard InChI is InChI=1S/C7H4O4/c8-3-1-6(10)5-7(11)2-4-9/h1-2H,5H2. The summed E-state index contributed by atoms with van der Waals surface area (Å²) in [5.74, 6) is 1.11. The molecule has 0 aliphatic carbocycles. The van der Waals surface area contributed by atoms with Gasteiger partial charge in [-0.2, -0.15) is 0 Å². The minimum atomic E-state index is -0.670. The van der Waals surface area contributed by atoms with Crippen molar-refractivity contribution in [2.75, 3.05) is 0 Å². The summed E-state index contributed by atoms with van der Waals surface area (Å²) in [5, 5.41) is 0. The molecular formula is C7H4O4. The smallest absolute Gasteiger partial charge is 0.174 e. The van der Waals surface area contributed by atoms with Crippen LogP contribution in [0.2, 0.25) is 0 Å². The number of carbonyl (C=O) groups is 2. The van der Waals surface area contributed by atoms with Gasteiger partial charge >= 0.3 is 0 Å². The van der Waals surface area contributed by atoms with Crippen molar-refractivity contribution < 1.29 is 19.2 Å². The molecule has 0 unspecified atom stereocenters. The lowest BCUT2D eigenvalue weighted by Gasteiger charge is -1.83. The van der Waals surface area contributed by atoms with Crippen LogP contribution in [-0.2, 0) is 19.2 Å². The van der Waals surface area contributed by atoms with E-state index in [4.69, 9.17) is 0 Å². The van der Waals surface area contributed by atoms with Crippen molar-refractivity contribution in [2.24, 2.45) is 0 Å². The van der Waals surface area contributed by atoms with E-state index in [1.807, 2.05) is 0 Å². The number of ketones is 2. The maximum Gasteiger partial charge on any atom is 0.174 e. The molecule has 0 amide bonds. The van der Waals surface area contributed by atoms with Gasteiger partial charge in [0.25, 0.3) is 0 Å². The highest BCUT2D eigenvalue weighted by Crippen LogP contribution is 1.85. The Morgan fingerprint density at radius 3 is 1.64 bits per heavy atom. The van der Waals surface area contributed by atoms with Crippen molar-refractivity contribution in [2.45, 2.75) is 6.42 Å². The zero-order valence-electron chi connectivity index (χ0n) is 5.49. The van der Waals surface area contributed by atoms with Crippen LogP contribution in [-0.4, -0.2) is 23.4 Å². The predicted molar refractivity (Wildman–Crippen MR) is 35.2 cm³/mol. The summed E-state index contributed by atoms with van der Waals surface area (Å²) in [4.78, 5) is 40.0. The summed E-state index contributed by atoms with van der Waals surface area (Å²) >= 11 is 0. The molecule has 0 heterocycles. The predicted octanol–water partition coefficient (Wildman–Crippen LogP) is -0.710. The van der Waals surface area contributed by atoms with Crippen LogP contribution in [0.4, 0.5) is 0 Å². The Balaban J connectivity index is 4.05. The molecule has 0 aromatic rings. The second kappa shape index (κ2) is 5.06. The van der Waals surface area contributed by atoms with Crippen LogP contribution in [0.15, 0.2) is 12.2 Å². The van der Waals surface area contributed by atoms with Gasteiger partial charge in [-0.05, 0) is 0 Å². The zero-order chi connectivity index (χ0) is 8.69. The average molecular weight is 152 g/mol. The molecule has 0 aliphatic rings. The topological polar surface area (TPSA) is 68.3 Å². The molecule has 4 nitrogen and oxygen atoms in total. The molecule has 0 aromatic heterocycles. The number of carbonyl (C=O) groups excluding carboxylic acids is 4. The molecule has 0 rings (SSSR count). The van der Waals surface area contributed by atoms with Crippen LogP contribution < -0.4 is 0 Å². The quantitative estimate of drug-likeness (QED) is 0.303. The molecule has 0 spiro atoms. The maximum absolute atomic E-state index is 10.4. The summed E-state index contributed by atoms with van der Waals surface area (Å²) in [6, 6.07) is 0. The summed E-state index contributed by atoms with van der Waals surface area (Å²) in [5.41, 5.74) is 0. The van der Waals surface area contributed by atoms with Crippen LogP contribution in [0.1, 0.15) is 6.42 Å². The first-order chi connectivity index (χ1) is 5.20. The van der Waals surface area contributed by atoms with Gasteiger partial charge in [0.05, 0.1) is 18.6 Å². The molecule has 0 atom stereocenters. The Morgan fingerprint density at radius 1 is 1.00 bits per heavy atom. The van der Waals surface area contributed by atoms with E-state index in [1.54, 1.807) is 0 Å². The fourth-order valence-corrected chi connectivity index (χ4v) is 0.405. The van der Waals surface area contributed by atoms with Crippen molar-refractivity contribution >= 4 is 23.4 Å². The lowest BCUT2D eigenvalue weighted by Crippen LogP contribution is -2.02. The van der Waals surface area contributed by atoms with Gasteiger partial charge in [-0.25, -0.2) is 9.59 Å². The number of hydrogen-bond acceptors (Lipinski definition) is 4. The second-order valence-corrected chi connectivity index (χ2v) is 1.63. The monoisotopic (exact) mass is 152 g/mol. The van der Waals surface area contributed by atoms with Crippen molar-refractivity contribution in [1.82, 2.24) is 0 Å². The first-order valence-corrected chi connectivity index (χ1v) is 2.68. The number of rotatable bonds is 4. The summed E-state index contributed by atoms with van der Waals surface area (Å²) in [6.45, 7) is 0. The van der Waals surface area contributed by atoms with Gasteiger partial charge in [-0.1, -0.05) is 0 Å². The Labute approximate surface area is 62.2 Å². The maximum atomic E-state index is 10.4. The first kappa shape index (κ1) is 9.24. The number of hydrogen-bond donors (Lipinski definition) is 0. The van der Waals surface area contributed by atoms with Gasteiger partial charge < -0.3 is 0 Å². The van der Waals surface area contributed by atoms with Gasteiger partial charge in [-0.15, -0.1) is 0 Å². The molecule has 56 valence electrons. The van der Waals surface area contributed by atoms with Gasteiger partial charge in [0.15, 0.2) is 11.6 Å². The van der Waals surface area contributed by atoms with E-state index < -0.39 is 18.0 Å². The normalized spacial score (nSPS) is 7.27. The SMILES string of the molecule is O=C=CC(=O)CC(=O)C=C=O. The van der Waals surface area contributed by atoms with Crippen LogP contribution >= 0.6 is 0 Å². The lowest BCUT2D eigenvalue weighted by molar-refractivity contribution is -0.121. The second-order valence-electron chi connectivity index (χ2n) is 1.63. The van der Waals surface area contributed by atoms with E-state index in [1.165, 1.54) is 11.9 Å². The molecule has 4 heteroatoms. The van der Waals surface area contributed by atoms with Crippen molar-refractivity contribution in [3.05, 3.63) is 12.2 Å². The minimum Gasteiger partial charge on any atom is -0.294 e. The average Bonchev–Trinajstić information content (AvgIpc) is 1.87. The van der Waals surface area contributed by atoms with E-state index in [9.17, 15) is 19.2 Å². The van der Waals surface area contributed by atoms with E-state index in [0.29, 0.717) is 12.2 Å². The third-order valence-electron chi connectivity index (χ3n) is 0.788. The molecule has 0 saturated carbocycles. The van der Waals surface area contributed by atoms with Gasteiger partial charge in [0.1, 0.15) is 11.9 Å². The van der Waals surface area contributed by atoms with Crippen LogP contribution in [0.25, 0.3) is 0 Å². The molecule has 0 saturated heterocycles.